The summed E-state index contributed by atoms with van der Waals surface area (Å²) < 4.78 is 0.741. The lowest BCUT2D eigenvalue weighted by molar-refractivity contribution is -0.605. The number of carbonyl (C=O) groups is 1. The van der Waals surface area contributed by atoms with E-state index >= 15 is 0 Å². The third kappa shape index (κ3) is 4.06. The summed E-state index contributed by atoms with van der Waals surface area (Å²) in [7, 11) is 0. The highest BCUT2D eigenvalue weighted by Crippen LogP contribution is 2.46. The first-order chi connectivity index (χ1) is 17.1. The van der Waals surface area contributed by atoms with Crippen LogP contribution in [0.15, 0.2) is 61.2 Å². The van der Waals surface area contributed by atoms with Gasteiger partial charge in [-0.25, -0.2) is 0 Å². The summed E-state index contributed by atoms with van der Waals surface area (Å²) in [4.78, 5) is 23.2. The van der Waals surface area contributed by atoms with Crippen LogP contribution in [0.4, 0.5) is 0 Å². The van der Waals surface area contributed by atoms with Gasteiger partial charge < -0.3 is 15.1 Å². The van der Waals surface area contributed by atoms with Gasteiger partial charge in [0.2, 0.25) is 5.91 Å². The molecular weight excluding hydrogens is 460 g/mol. The number of fused-ring (bicyclic) bond motifs is 4. The number of aryl methyl sites for hydroxylation is 2. The maximum Gasteiger partial charge on any atom is 0.226 e. The van der Waals surface area contributed by atoms with Gasteiger partial charge in [-0.05, 0) is 72.1 Å². The Balaban J connectivity index is 1.30. The first-order valence-electron chi connectivity index (χ1n) is 12.3. The summed E-state index contributed by atoms with van der Waals surface area (Å²) in [6.45, 7) is 1.46. The Morgan fingerprint density at radius 3 is 2.71 bits per heavy atom. The number of amides is 1. The Morgan fingerprint density at radius 1 is 1.14 bits per heavy atom. The predicted octanol–water partition coefficient (Wildman–Crippen LogP) is 4.56. The van der Waals surface area contributed by atoms with Crippen LogP contribution in [-0.4, -0.2) is 33.9 Å². The molecule has 7 heteroatoms. The van der Waals surface area contributed by atoms with Crippen molar-refractivity contribution in [3.05, 3.63) is 99.4 Å². The zero-order chi connectivity index (χ0) is 23.9. The van der Waals surface area contributed by atoms with E-state index in [0.717, 1.165) is 59.6 Å². The number of likely N-dealkylation sites (tertiary alicyclic amines) is 1. The molecular formula is C28H27ClN4O2. The van der Waals surface area contributed by atoms with Gasteiger partial charge in [0, 0.05) is 48.9 Å². The van der Waals surface area contributed by atoms with Crippen LogP contribution in [0.25, 0.3) is 10.9 Å². The number of hydrogen-bond acceptors (Lipinski definition) is 3. The van der Waals surface area contributed by atoms with Crippen molar-refractivity contribution in [3.63, 3.8) is 0 Å². The van der Waals surface area contributed by atoms with Gasteiger partial charge in [-0.3, -0.25) is 9.78 Å². The predicted molar refractivity (Wildman–Crippen MR) is 135 cm³/mol. The fourth-order valence-electron chi connectivity index (χ4n) is 5.98. The number of hydrogen-bond donors (Lipinski definition) is 1. The Labute approximate surface area is 209 Å². The van der Waals surface area contributed by atoms with E-state index in [-0.39, 0.29) is 11.8 Å². The van der Waals surface area contributed by atoms with Gasteiger partial charge in [0.1, 0.15) is 0 Å². The van der Waals surface area contributed by atoms with E-state index in [1.54, 1.807) is 12.1 Å². The molecule has 35 heavy (non-hydrogen) atoms. The third-order valence-electron chi connectivity index (χ3n) is 7.71. The number of benzene rings is 1. The van der Waals surface area contributed by atoms with Crippen LogP contribution >= 0.6 is 11.6 Å². The number of aromatic nitrogens is 3. The van der Waals surface area contributed by atoms with Crippen molar-refractivity contribution >= 4 is 28.4 Å². The Morgan fingerprint density at radius 2 is 1.91 bits per heavy atom. The standard InChI is InChI=1S/C28H27ClN4O2/c29-23-17-21-4-3-20-2-1-10-30-27(20)26(25(21)22-5-11-31-28(22)23)19-8-12-32(13-9-19)24(34)16-18-6-14-33(35)15-7-18/h1-2,5-7,10-11,14-15,17,19,26,31H,3-4,8-9,12-13,16H2/t26-/m1/s1. The van der Waals surface area contributed by atoms with Crippen molar-refractivity contribution in [3.8, 4) is 0 Å². The number of rotatable bonds is 3. The van der Waals surface area contributed by atoms with Crippen molar-refractivity contribution in [2.24, 2.45) is 5.92 Å². The molecule has 1 aliphatic heterocycles. The maximum absolute atomic E-state index is 13.0. The Bertz CT molecular complexity index is 1390. The maximum atomic E-state index is 13.0. The average Bonchev–Trinajstić information content (AvgIpc) is 3.31. The second-order valence-corrected chi connectivity index (χ2v) is 10.1. The van der Waals surface area contributed by atoms with Crippen molar-refractivity contribution in [1.82, 2.24) is 14.9 Å². The summed E-state index contributed by atoms with van der Waals surface area (Å²) in [5.41, 5.74) is 7.01. The zero-order valence-electron chi connectivity index (χ0n) is 19.4. The van der Waals surface area contributed by atoms with E-state index in [9.17, 15) is 10.0 Å². The smallest absolute Gasteiger partial charge is 0.226 e. The molecule has 0 bridgehead atoms. The number of halogens is 1. The van der Waals surface area contributed by atoms with E-state index in [4.69, 9.17) is 16.6 Å². The molecule has 6 rings (SSSR count). The SMILES string of the molecule is O=C(Cc1cc[n+]([O-])cc1)N1CCC([C@H]2c3ncccc3CCc3cc(Cl)c4[nH]ccc4c32)CC1. The van der Waals surface area contributed by atoms with Crippen molar-refractivity contribution in [1.29, 1.82) is 0 Å². The molecule has 4 heterocycles. The van der Waals surface area contributed by atoms with Crippen LogP contribution in [0.2, 0.25) is 5.02 Å². The normalized spacial score (nSPS) is 18.2. The zero-order valence-corrected chi connectivity index (χ0v) is 20.2. The Hall–Kier alpha value is -3.38. The van der Waals surface area contributed by atoms with E-state index in [1.807, 2.05) is 23.4 Å². The quantitative estimate of drug-likeness (QED) is 0.340. The highest BCUT2D eigenvalue weighted by Gasteiger charge is 2.36. The minimum Gasteiger partial charge on any atom is -0.619 e. The van der Waals surface area contributed by atoms with Gasteiger partial charge in [0.05, 0.1) is 22.7 Å². The van der Waals surface area contributed by atoms with E-state index < -0.39 is 0 Å². The van der Waals surface area contributed by atoms with Crippen LogP contribution < -0.4 is 4.73 Å². The second kappa shape index (κ2) is 9.00. The number of carbonyl (C=O) groups excluding carboxylic acids is 1. The highest BCUT2D eigenvalue weighted by atomic mass is 35.5. The molecule has 0 spiro atoms. The van der Waals surface area contributed by atoms with Crippen molar-refractivity contribution in [2.75, 3.05) is 13.1 Å². The summed E-state index contributed by atoms with van der Waals surface area (Å²) in [5.74, 6) is 0.685. The topological polar surface area (TPSA) is 75.9 Å². The molecule has 0 saturated carbocycles. The largest absolute Gasteiger partial charge is 0.619 e. The molecule has 3 aromatic heterocycles. The number of nitrogens with one attached hydrogen (secondary N) is 1. The summed E-state index contributed by atoms with van der Waals surface area (Å²) >= 11 is 6.65. The molecule has 1 fully saturated rings. The molecule has 1 saturated heterocycles. The van der Waals surface area contributed by atoms with Crippen LogP contribution in [0.1, 0.15) is 46.7 Å². The summed E-state index contributed by atoms with van der Waals surface area (Å²) in [5, 5.41) is 13.2. The van der Waals surface area contributed by atoms with Crippen molar-refractivity contribution < 1.29 is 9.52 Å². The lowest BCUT2D eigenvalue weighted by Gasteiger charge is -2.37. The molecule has 0 unspecified atom stereocenters. The molecule has 1 aromatic carbocycles. The first kappa shape index (κ1) is 22.1. The van der Waals surface area contributed by atoms with Gasteiger partial charge in [-0.15, -0.1) is 0 Å². The lowest BCUT2D eigenvalue weighted by Crippen LogP contribution is -2.41. The van der Waals surface area contributed by atoms with Crippen LogP contribution in [0, 0.1) is 11.1 Å². The number of nitrogens with zero attached hydrogens (tertiary/aromatic N) is 3. The highest BCUT2D eigenvalue weighted by molar-refractivity contribution is 6.35. The average molecular weight is 487 g/mol. The lowest BCUT2D eigenvalue weighted by atomic mass is 9.75. The van der Waals surface area contributed by atoms with Gasteiger partial charge in [0.25, 0.3) is 0 Å². The molecule has 1 amide bonds. The van der Waals surface area contributed by atoms with Crippen LogP contribution in [0.5, 0.6) is 0 Å². The number of piperidine rings is 1. The molecule has 1 N–H and O–H groups in total. The van der Waals surface area contributed by atoms with Gasteiger partial charge in [0.15, 0.2) is 12.4 Å². The molecule has 1 aliphatic carbocycles. The van der Waals surface area contributed by atoms with Crippen molar-refractivity contribution in [2.45, 2.75) is 38.0 Å². The molecule has 4 aromatic rings. The molecule has 6 nitrogen and oxygen atoms in total. The van der Waals surface area contributed by atoms with E-state index in [2.05, 4.69) is 23.2 Å². The second-order valence-electron chi connectivity index (χ2n) is 9.68. The van der Waals surface area contributed by atoms with Gasteiger partial charge in [-0.1, -0.05) is 17.7 Å². The van der Waals surface area contributed by atoms with E-state index in [1.165, 1.54) is 40.2 Å². The first-order valence-corrected chi connectivity index (χ1v) is 12.6. The number of pyridine rings is 2. The minimum atomic E-state index is 0.117. The molecule has 178 valence electrons. The fourth-order valence-corrected chi connectivity index (χ4v) is 6.27. The molecule has 0 radical (unpaired) electrons. The number of aromatic amines is 1. The Kier molecular flexibility index (Phi) is 5.69. The van der Waals surface area contributed by atoms with Crippen LogP contribution in [0.3, 0.4) is 0 Å². The van der Waals surface area contributed by atoms with Crippen LogP contribution in [-0.2, 0) is 24.1 Å². The van der Waals surface area contributed by atoms with E-state index in [0.29, 0.717) is 12.3 Å². The molecule has 1 atom stereocenters. The monoisotopic (exact) mass is 486 g/mol. The van der Waals surface area contributed by atoms with Gasteiger partial charge >= 0.3 is 0 Å². The third-order valence-corrected chi connectivity index (χ3v) is 8.01. The fraction of sp³-hybridized carbons (Fsp3) is 0.321. The minimum absolute atomic E-state index is 0.117. The molecule has 2 aliphatic rings. The summed E-state index contributed by atoms with van der Waals surface area (Å²) in [6.07, 6.45) is 10.8. The van der Waals surface area contributed by atoms with Gasteiger partial charge in [-0.2, -0.15) is 4.73 Å². The number of H-pyrrole nitrogens is 1. The summed E-state index contributed by atoms with van der Waals surface area (Å²) in [6, 6.07) is 12.0.